The Morgan fingerprint density at radius 2 is 1.86 bits per heavy atom. The first-order chi connectivity index (χ1) is 13.9. The first-order valence-corrected chi connectivity index (χ1v) is 10.7. The quantitative estimate of drug-likeness (QED) is 0.642. The Kier molecular flexibility index (Phi) is 6.09. The van der Waals surface area contributed by atoms with E-state index in [4.69, 9.17) is 0 Å². The van der Waals surface area contributed by atoms with Gasteiger partial charge in [-0.15, -0.1) is 5.10 Å². The zero-order valence-electron chi connectivity index (χ0n) is 16.5. The summed E-state index contributed by atoms with van der Waals surface area (Å²) in [7, 11) is -3.66. The van der Waals surface area contributed by atoms with Crippen molar-refractivity contribution < 1.29 is 13.2 Å². The van der Waals surface area contributed by atoms with Gasteiger partial charge in [-0.3, -0.25) is 4.79 Å². The maximum atomic E-state index is 13.0. The summed E-state index contributed by atoms with van der Waals surface area (Å²) in [6.07, 6.45) is 3.22. The summed E-state index contributed by atoms with van der Waals surface area (Å²) in [6.45, 7) is 6.05. The molecule has 1 N–H and O–H groups in total. The van der Waals surface area contributed by atoms with E-state index < -0.39 is 15.9 Å². The van der Waals surface area contributed by atoms with Crippen LogP contribution in [0.25, 0.3) is 5.69 Å². The number of hydrogen-bond acceptors (Lipinski definition) is 5. The molecule has 3 aromatic rings. The van der Waals surface area contributed by atoms with Crippen molar-refractivity contribution >= 4 is 21.6 Å². The lowest BCUT2D eigenvalue weighted by Crippen LogP contribution is -2.30. The standard InChI is InChI=1S/C20H23N5O3S/c1-4-24(5-2)29(27,28)16-11-10-15(3)17(14-16)20(26)22-18-8-6-7-9-19(18)25-13-12-21-23-25/h6-14H,4-5H2,1-3H3,(H,22,26). The lowest BCUT2D eigenvalue weighted by Gasteiger charge is -2.19. The second-order valence-electron chi connectivity index (χ2n) is 6.38. The number of carbonyl (C=O) groups is 1. The van der Waals surface area contributed by atoms with Gasteiger partial charge in [0.25, 0.3) is 5.91 Å². The van der Waals surface area contributed by atoms with Gasteiger partial charge in [0.2, 0.25) is 10.0 Å². The van der Waals surface area contributed by atoms with E-state index in [0.29, 0.717) is 35.6 Å². The third-order valence-electron chi connectivity index (χ3n) is 4.62. The number of amides is 1. The highest BCUT2D eigenvalue weighted by molar-refractivity contribution is 7.89. The normalized spacial score (nSPS) is 11.6. The molecule has 0 aliphatic carbocycles. The fraction of sp³-hybridized carbons (Fsp3) is 0.250. The van der Waals surface area contributed by atoms with Crippen LogP contribution >= 0.6 is 0 Å². The number of anilines is 1. The number of benzene rings is 2. The molecular formula is C20H23N5O3S. The Morgan fingerprint density at radius 1 is 1.14 bits per heavy atom. The van der Waals surface area contributed by atoms with Gasteiger partial charge in [-0.25, -0.2) is 13.1 Å². The molecule has 152 valence electrons. The van der Waals surface area contributed by atoms with E-state index >= 15 is 0 Å². The van der Waals surface area contributed by atoms with Gasteiger partial charge in [-0.05, 0) is 36.8 Å². The molecule has 0 saturated carbocycles. The summed E-state index contributed by atoms with van der Waals surface area (Å²) in [5, 5.41) is 10.6. The number of nitrogens with zero attached hydrogens (tertiary/aromatic N) is 4. The fourth-order valence-electron chi connectivity index (χ4n) is 3.02. The topological polar surface area (TPSA) is 97.2 Å². The molecule has 9 heteroatoms. The van der Waals surface area contributed by atoms with Crippen LogP contribution in [0.5, 0.6) is 0 Å². The highest BCUT2D eigenvalue weighted by atomic mass is 32.2. The summed E-state index contributed by atoms with van der Waals surface area (Å²) in [5.74, 6) is -0.397. The van der Waals surface area contributed by atoms with Crippen LogP contribution < -0.4 is 5.32 Å². The molecule has 1 amide bonds. The van der Waals surface area contributed by atoms with Gasteiger partial charge in [0.1, 0.15) is 0 Å². The first-order valence-electron chi connectivity index (χ1n) is 9.26. The fourth-order valence-corrected chi connectivity index (χ4v) is 4.51. The number of rotatable bonds is 7. The molecule has 0 unspecified atom stereocenters. The van der Waals surface area contributed by atoms with Crippen molar-refractivity contribution in [1.82, 2.24) is 19.3 Å². The Balaban J connectivity index is 1.96. The van der Waals surface area contributed by atoms with Gasteiger partial charge in [-0.1, -0.05) is 37.3 Å². The molecule has 0 bridgehead atoms. The summed E-state index contributed by atoms with van der Waals surface area (Å²) in [4.78, 5) is 13.1. The predicted molar refractivity (Wildman–Crippen MR) is 111 cm³/mol. The summed E-state index contributed by atoms with van der Waals surface area (Å²) >= 11 is 0. The second-order valence-corrected chi connectivity index (χ2v) is 8.32. The van der Waals surface area contributed by atoms with Crippen LogP contribution in [0.4, 0.5) is 5.69 Å². The highest BCUT2D eigenvalue weighted by Gasteiger charge is 2.23. The number of sulfonamides is 1. The van der Waals surface area contributed by atoms with Gasteiger partial charge in [-0.2, -0.15) is 4.31 Å². The van der Waals surface area contributed by atoms with E-state index in [0.717, 1.165) is 0 Å². The molecule has 0 aliphatic heterocycles. The summed E-state index contributed by atoms with van der Waals surface area (Å²) < 4.78 is 28.6. The average Bonchev–Trinajstić information content (AvgIpc) is 3.24. The largest absolute Gasteiger partial charge is 0.320 e. The molecule has 2 aromatic carbocycles. The summed E-state index contributed by atoms with van der Waals surface area (Å²) in [5.41, 5.74) is 2.17. The second kappa shape index (κ2) is 8.54. The van der Waals surface area contributed by atoms with Gasteiger partial charge < -0.3 is 5.32 Å². The smallest absolute Gasteiger partial charge is 0.256 e. The third kappa shape index (κ3) is 4.20. The number of hydrogen-bond donors (Lipinski definition) is 1. The molecule has 3 rings (SSSR count). The maximum absolute atomic E-state index is 13.0. The van der Waals surface area contributed by atoms with Crippen LogP contribution in [0.15, 0.2) is 59.8 Å². The Morgan fingerprint density at radius 3 is 2.52 bits per heavy atom. The molecule has 1 aromatic heterocycles. The molecule has 0 spiro atoms. The predicted octanol–water partition coefficient (Wildman–Crippen LogP) is 2.86. The van der Waals surface area contributed by atoms with E-state index in [-0.39, 0.29) is 4.90 Å². The summed E-state index contributed by atoms with van der Waals surface area (Å²) in [6, 6.07) is 11.8. The van der Waals surface area contributed by atoms with Crippen LogP contribution in [-0.2, 0) is 10.0 Å². The number of aromatic nitrogens is 3. The lowest BCUT2D eigenvalue weighted by molar-refractivity contribution is 0.102. The van der Waals surface area contributed by atoms with Crippen molar-refractivity contribution in [3.8, 4) is 5.69 Å². The molecule has 29 heavy (non-hydrogen) atoms. The molecule has 0 fully saturated rings. The van der Waals surface area contributed by atoms with Gasteiger partial charge >= 0.3 is 0 Å². The monoisotopic (exact) mass is 413 g/mol. The molecular weight excluding hydrogens is 390 g/mol. The van der Waals surface area contributed by atoms with Crippen molar-refractivity contribution in [2.24, 2.45) is 0 Å². The average molecular weight is 414 g/mol. The van der Waals surface area contributed by atoms with Crippen molar-refractivity contribution in [2.45, 2.75) is 25.7 Å². The van der Waals surface area contributed by atoms with Crippen molar-refractivity contribution in [3.63, 3.8) is 0 Å². The van der Waals surface area contributed by atoms with Gasteiger partial charge in [0.15, 0.2) is 0 Å². The zero-order valence-corrected chi connectivity index (χ0v) is 17.3. The van der Waals surface area contributed by atoms with E-state index in [2.05, 4.69) is 15.6 Å². The molecule has 1 heterocycles. The lowest BCUT2D eigenvalue weighted by atomic mass is 10.1. The minimum atomic E-state index is -3.66. The Hall–Kier alpha value is -3.04. The van der Waals surface area contributed by atoms with E-state index in [1.54, 1.807) is 62.1 Å². The van der Waals surface area contributed by atoms with E-state index in [9.17, 15) is 13.2 Å². The van der Waals surface area contributed by atoms with Gasteiger partial charge in [0, 0.05) is 18.7 Å². The Bertz CT molecular complexity index is 1110. The maximum Gasteiger partial charge on any atom is 0.256 e. The zero-order chi connectivity index (χ0) is 21.0. The number of para-hydroxylation sites is 2. The third-order valence-corrected chi connectivity index (χ3v) is 6.66. The van der Waals surface area contributed by atoms with Crippen molar-refractivity contribution in [3.05, 3.63) is 66.0 Å². The minimum absolute atomic E-state index is 0.0986. The van der Waals surface area contributed by atoms with Crippen LogP contribution in [0.3, 0.4) is 0 Å². The SMILES string of the molecule is CCN(CC)S(=O)(=O)c1ccc(C)c(C(=O)Nc2ccccc2-n2ccnn2)c1. The molecule has 8 nitrogen and oxygen atoms in total. The number of carbonyl (C=O) groups excluding carboxylic acids is 1. The molecule has 0 atom stereocenters. The Labute approximate surface area is 170 Å². The van der Waals surface area contributed by atoms with Crippen LogP contribution in [0.1, 0.15) is 29.8 Å². The minimum Gasteiger partial charge on any atom is -0.320 e. The molecule has 0 radical (unpaired) electrons. The van der Waals surface area contributed by atoms with E-state index in [1.807, 2.05) is 6.07 Å². The van der Waals surface area contributed by atoms with Gasteiger partial charge in [0.05, 0.1) is 28.7 Å². The molecule has 0 aliphatic rings. The first kappa shape index (κ1) is 20.7. The van der Waals surface area contributed by atoms with Crippen molar-refractivity contribution in [1.29, 1.82) is 0 Å². The van der Waals surface area contributed by atoms with Crippen LogP contribution in [0.2, 0.25) is 0 Å². The number of aryl methyl sites for hydroxylation is 1. The number of nitrogens with one attached hydrogen (secondary N) is 1. The molecule has 0 saturated heterocycles. The highest BCUT2D eigenvalue weighted by Crippen LogP contribution is 2.23. The van der Waals surface area contributed by atoms with Crippen LogP contribution in [0, 0.1) is 6.92 Å². The van der Waals surface area contributed by atoms with Crippen molar-refractivity contribution in [2.75, 3.05) is 18.4 Å². The van der Waals surface area contributed by atoms with Crippen LogP contribution in [-0.4, -0.2) is 46.7 Å². The van der Waals surface area contributed by atoms with E-state index in [1.165, 1.54) is 16.4 Å².